The van der Waals surface area contributed by atoms with E-state index in [9.17, 15) is 4.79 Å². The van der Waals surface area contributed by atoms with Crippen LogP contribution in [0.4, 0.5) is 11.4 Å². The summed E-state index contributed by atoms with van der Waals surface area (Å²) in [6.45, 7) is 5.02. The van der Waals surface area contributed by atoms with Crippen LogP contribution in [0.15, 0.2) is 54.6 Å². The van der Waals surface area contributed by atoms with Gasteiger partial charge in [0, 0.05) is 12.2 Å². The molecule has 0 aliphatic carbocycles. The minimum absolute atomic E-state index is 0. The minimum atomic E-state index is -0.0196. The van der Waals surface area contributed by atoms with Gasteiger partial charge in [0.1, 0.15) is 0 Å². The van der Waals surface area contributed by atoms with E-state index in [1.165, 1.54) is 0 Å². The summed E-state index contributed by atoms with van der Waals surface area (Å²) in [5.41, 5.74) is 2.67. The number of amides is 1. The molecule has 3 N–H and O–H groups in total. The lowest BCUT2D eigenvalue weighted by Gasteiger charge is -2.34. The van der Waals surface area contributed by atoms with Crippen molar-refractivity contribution in [3.05, 3.63) is 60.2 Å². The predicted octanol–water partition coefficient (Wildman–Crippen LogP) is 3.97. The SMILES string of the molecule is CC1(CNC(=O)c2ccccc2Nc2ccccc2)CCNCC1.Cl. The maximum atomic E-state index is 12.7. The fraction of sp³-hybridized carbons (Fsp3) is 0.350. The molecule has 1 heterocycles. The maximum absolute atomic E-state index is 12.7. The van der Waals surface area contributed by atoms with Gasteiger partial charge in [-0.3, -0.25) is 4.79 Å². The Morgan fingerprint density at radius 3 is 2.40 bits per heavy atom. The van der Waals surface area contributed by atoms with Crippen molar-refractivity contribution in [1.29, 1.82) is 0 Å². The van der Waals surface area contributed by atoms with E-state index in [-0.39, 0.29) is 23.7 Å². The molecule has 1 saturated heterocycles. The van der Waals surface area contributed by atoms with Gasteiger partial charge in [0.2, 0.25) is 0 Å². The molecule has 0 spiro atoms. The second-order valence-corrected chi connectivity index (χ2v) is 6.78. The summed E-state index contributed by atoms with van der Waals surface area (Å²) in [6.07, 6.45) is 2.19. The molecule has 5 heteroatoms. The number of para-hydroxylation sites is 2. The highest BCUT2D eigenvalue weighted by molar-refractivity contribution is 6.00. The van der Waals surface area contributed by atoms with Crippen molar-refractivity contribution in [2.75, 3.05) is 25.0 Å². The van der Waals surface area contributed by atoms with Gasteiger partial charge in [-0.1, -0.05) is 37.3 Å². The van der Waals surface area contributed by atoms with Crippen LogP contribution in [0.1, 0.15) is 30.1 Å². The fourth-order valence-electron chi connectivity index (χ4n) is 3.06. The number of benzene rings is 2. The molecule has 1 amide bonds. The average Bonchev–Trinajstić information content (AvgIpc) is 2.62. The first kappa shape index (κ1) is 19.3. The van der Waals surface area contributed by atoms with Gasteiger partial charge >= 0.3 is 0 Å². The molecule has 0 radical (unpaired) electrons. The highest BCUT2D eigenvalue weighted by Gasteiger charge is 2.27. The monoisotopic (exact) mass is 359 g/mol. The molecule has 0 atom stereocenters. The largest absolute Gasteiger partial charge is 0.355 e. The first-order chi connectivity index (χ1) is 11.7. The van der Waals surface area contributed by atoms with E-state index in [4.69, 9.17) is 0 Å². The number of anilines is 2. The van der Waals surface area contributed by atoms with Crippen LogP contribution in [0, 0.1) is 5.41 Å². The third-order valence-electron chi connectivity index (χ3n) is 4.71. The summed E-state index contributed by atoms with van der Waals surface area (Å²) in [7, 11) is 0. The van der Waals surface area contributed by atoms with Crippen LogP contribution in [-0.4, -0.2) is 25.5 Å². The maximum Gasteiger partial charge on any atom is 0.253 e. The number of carbonyl (C=O) groups is 1. The van der Waals surface area contributed by atoms with Crippen LogP contribution in [0.2, 0.25) is 0 Å². The van der Waals surface area contributed by atoms with Gasteiger partial charge in [-0.15, -0.1) is 12.4 Å². The van der Waals surface area contributed by atoms with Crippen molar-refractivity contribution in [3.63, 3.8) is 0 Å². The second kappa shape index (κ2) is 8.88. The predicted molar refractivity (Wildman–Crippen MR) is 106 cm³/mol. The average molecular weight is 360 g/mol. The first-order valence-corrected chi connectivity index (χ1v) is 8.56. The lowest BCUT2D eigenvalue weighted by molar-refractivity contribution is 0.0923. The van der Waals surface area contributed by atoms with Crippen LogP contribution in [0.25, 0.3) is 0 Å². The zero-order chi connectivity index (χ0) is 16.8. The molecule has 3 rings (SSSR count). The van der Waals surface area contributed by atoms with Crippen molar-refractivity contribution in [2.45, 2.75) is 19.8 Å². The number of nitrogens with one attached hydrogen (secondary N) is 3. The molecule has 0 aromatic heterocycles. The molecule has 0 saturated carbocycles. The Morgan fingerprint density at radius 1 is 1.04 bits per heavy atom. The van der Waals surface area contributed by atoms with Crippen LogP contribution < -0.4 is 16.0 Å². The molecule has 2 aromatic rings. The van der Waals surface area contributed by atoms with Gasteiger partial charge in [0.05, 0.1) is 11.3 Å². The fourth-order valence-corrected chi connectivity index (χ4v) is 3.06. The van der Waals surface area contributed by atoms with Crippen LogP contribution >= 0.6 is 12.4 Å². The summed E-state index contributed by atoms with van der Waals surface area (Å²) in [5, 5.41) is 9.83. The highest BCUT2D eigenvalue weighted by Crippen LogP contribution is 2.27. The Labute approximate surface area is 155 Å². The number of hydrogen-bond acceptors (Lipinski definition) is 3. The molecular weight excluding hydrogens is 334 g/mol. The van der Waals surface area contributed by atoms with Crippen molar-refractivity contribution in [1.82, 2.24) is 10.6 Å². The molecular formula is C20H26ClN3O. The Morgan fingerprint density at radius 2 is 1.68 bits per heavy atom. The molecule has 0 bridgehead atoms. The number of rotatable bonds is 5. The van der Waals surface area contributed by atoms with Crippen molar-refractivity contribution < 1.29 is 4.79 Å². The van der Waals surface area contributed by atoms with E-state index in [0.29, 0.717) is 12.1 Å². The molecule has 1 aliphatic rings. The van der Waals surface area contributed by atoms with Gasteiger partial charge in [0.25, 0.3) is 5.91 Å². The van der Waals surface area contributed by atoms with E-state index in [1.807, 2.05) is 54.6 Å². The standard InChI is InChI=1S/C20H25N3O.ClH/c1-20(11-13-21-14-12-20)15-22-19(24)17-9-5-6-10-18(17)23-16-7-3-2-4-8-16;/h2-10,21,23H,11-15H2,1H3,(H,22,24);1H. The Kier molecular flexibility index (Phi) is 6.85. The lowest BCUT2D eigenvalue weighted by Crippen LogP contribution is -2.43. The Balaban J connectivity index is 0.00000225. The molecule has 134 valence electrons. The van der Waals surface area contributed by atoms with Gasteiger partial charge in [-0.25, -0.2) is 0 Å². The molecule has 1 aliphatic heterocycles. The van der Waals surface area contributed by atoms with E-state index < -0.39 is 0 Å². The number of halogens is 1. The number of carbonyl (C=O) groups excluding carboxylic acids is 1. The first-order valence-electron chi connectivity index (χ1n) is 8.56. The van der Waals surface area contributed by atoms with Gasteiger partial charge in [0.15, 0.2) is 0 Å². The smallest absolute Gasteiger partial charge is 0.253 e. The lowest BCUT2D eigenvalue weighted by atomic mass is 9.81. The van der Waals surface area contributed by atoms with Gasteiger partial charge in [-0.05, 0) is 55.6 Å². The zero-order valence-electron chi connectivity index (χ0n) is 14.5. The van der Waals surface area contributed by atoms with Crippen molar-refractivity contribution >= 4 is 29.7 Å². The molecule has 25 heavy (non-hydrogen) atoms. The van der Waals surface area contributed by atoms with Crippen LogP contribution in [0.3, 0.4) is 0 Å². The topological polar surface area (TPSA) is 53.2 Å². The number of piperidine rings is 1. The quantitative estimate of drug-likeness (QED) is 0.757. The van der Waals surface area contributed by atoms with Crippen LogP contribution in [-0.2, 0) is 0 Å². The summed E-state index contributed by atoms with van der Waals surface area (Å²) < 4.78 is 0. The third kappa shape index (κ3) is 5.21. The summed E-state index contributed by atoms with van der Waals surface area (Å²) in [6, 6.07) is 17.6. The third-order valence-corrected chi connectivity index (χ3v) is 4.71. The summed E-state index contributed by atoms with van der Waals surface area (Å²) >= 11 is 0. The minimum Gasteiger partial charge on any atom is -0.355 e. The molecule has 4 nitrogen and oxygen atoms in total. The van der Waals surface area contributed by atoms with E-state index in [1.54, 1.807) is 0 Å². The second-order valence-electron chi connectivity index (χ2n) is 6.78. The summed E-state index contributed by atoms with van der Waals surface area (Å²) in [4.78, 5) is 12.7. The Bertz CT molecular complexity index is 684. The molecule has 1 fully saturated rings. The molecule has 2 aromatic carbocycles. The normalized spacial score (nSPS) is 15.7. The van der Waals surface area contributed by atoms with Crippen molar-refractivity contribution in [2.24, 2.45) is 5.41 Å². The molecule has 0 unspecified atom stereocenters. The van der Waals surface area contributed by atoms with Crippen LogP contribution in [0.5, 0.6) is 0 Å². The van der Waals surface area contributed by atoms with E-state index >= 15 is 0 Å². The highest BCUT2D eigenvalue weighted by atomic mass is 35.5. The van der Waals surface area contributed by atoms with E-state index in [2.05, 4.69) is 22.9 Å². The van der Waals surface area contributed by atoms with Gasteiger partial charge in [-0.2, -0.15) is 0 Å². The van der Waals surface area contributed by atoms with Crippen molar-refractivity contribution in [3.8, 4) is 0 Å². The zero-order valence-corrected chi connectivity index (χ0v) is 15.4. The number of hydrogen-bond donors (Lipinski definition) is 3. The van der Waals surface area contributed by atoms with E-state index in [0.717, 1.165) is 37.3 Å². The van der Waals surface area contributed by atoms with Gasteiger partial charge < -0.3 is 16.0 Å². The Hall–Kier alpha value is -2.04. The summed E-state index contributed by atoms with van der Waals surface area (Å²) in [5.74, 6) is -0.0196.